The third-order valence-electron chi connectivity index (χ3n) is 5.89. The normalized spacial score (nSPS) is 19.3. The van der Waals surface area contributed by atoms with Crippen LogP contribution in [0, 0.1) is 0 Å². The fraction of sp³-hybridized carbons (Fsp3) is 0.417. The molecule has 0 aliphatic carbocycles. The van der Waals surface area contributed by atoms with Crippen LogP contribution in [0.15, 0.2) is 40.8 Å². The molecule has 1 amide bonds. The quantitative estimate of drug-likeness (QED) is 0.486. The lowest BCUT2D eigenvalue weighted by Crippen LogP contribution is -2.52. The number of nitrogens with one attached hydrogen (secondary N) is 1. The molecule has 2 heterocycles. The Balaban J connectivity index is 1.60. The van der Waals surface area contributed by atoms with Crippen molar-refractivity contribution in [2.24, 2.45) is 0 Å². The van der Waals surface area contributed by atoms with Crippen molar-refractivity contribution in [3.8, 4) is 5.75 Å². The number of alkyl halides is 1. The highest BCUT2D eigenvalue weighted by atomic mass is 35.5. The maximum Gasteiger partial charge on any atom is 0.296 e. The van der Waals surface area contributed by atoms with Crippen LogP contribution < -0.4 is 10.1 Å². The minimum atomic E-state index is -0.712. The molecule has 1 aliphatic rings. The first-order chi connectivity index (χ1) is 16.4. The smallest absolute Gasteiger partial charge is 0.296 e. The van der Waals surface area contributed by atoms with Gasteiger partial charge in [0.25, 0.3) is 11.9 Å². The fourth-order valence-corrected chi connectivity index (χ4v) is 4.30. The van der Waals surface area contributed by atoms with Crippen molar-refractivity contribution >= 4 is 34.6 Å². The molecule has 10 heteroatoms. The number of ether oxygens (including phenoxy) is 2. The van der Waals surface area contributed by atoms with E-state index in [0.717, 1.165) is 0 Å². The number of carbonyl (C=O) groups is 1. The molecule has 1 saturated heterocycles. The van der Waals surface area contributed by atoms with Crippen molar-refractivity contribution in [3.05, 3.63) is 52.5 Å². The van der Waals surface area contributed by atoms with Gasteiger partial charge in [0.05, 0.1) is 25.4 Å². The number of amides is 1. The molecule has 2 unspecified atom stereocenters. The van der Waals surface area contributed by atoms with Crippen molar-refractivity contribution < 1.29 is 28.2 Å². The van der Waals surface area contributed by atoms with E-state index < -0.39 is 18.3 Å². The maximum atomic E-state index is 13.8. The summed E-state index contributed by atoms with van der Waals surface area (Å²) in [5.74, 6) is 0.137. The second-order valence-corrected chi connectivity index (χ2v) is 8.89. The Labute approximate surface area is 201 Å². The van der Waals surface area contributed by atoms with Gasteiger partial charge >= 0.3 is 0 Å². The molecule has 8 nitrogen and oxygen atoms in total. The van der Waals surface area contributed by atoms with Crippen LogP contribution in [0.5, 0.6) is 5.75 Å². The number of benzene rings is 2. The molecule has 2 atom stereocenters. The van der Waals surface area contributed by atoms with Gasteiger partial charge in [0, 0.05) is 36.7 Å². The van der Waals surface area contributed by atoms with Crippen molar-refractivity contribution in [2.75, 3.05) is 45.4 Å². The Kier molecular flexibility index (Phi) is 7.25. The molecule has 4 rings (SSSR count). The highest BCUT2D eigenvalue weighted by Crippen LogP contribution is 2.33. The number of fused-ring (bicyclic) bond motifs is 1. The average molecular weight is 492 g/mol. The average Bonchev–Trinajstić information content (AvgIpc) is 3.24. The van der Waals surface area contributed by atoms with Crippen LogP contribution >= 0.6 is 11.6 Å². The Hall–Kier alpha value is -2.88. The lowest BCUT2D eigenvalue weighted by atomic mass is 9.99. The molecule has 2 aromatic carbocycles. The van der Waals surface area contributed by atoms with Gasteiger partial charge in [0.2, 0.25) is 0 Å². The molecule has 0 spiro atoms. The molecular formula is C24H27ClFN3O5. The van der Waals surface area contributed by atoms with Crippen LogP contribution in [0.3, 0.4) is 0 Å². The monoisotopic (exact) mass is 491 g/mol. The number of morpholine rings is 1. The van der Waals surface area contributed by atoms with Crippen LogP contribution in [0.1, 0.15) is 35.3 Å². The van der Waals surface area contributed by atoms with E-state index >= 15 is 0 Å². The number of aromatic nitrogens is 1. The van der Waals surface area contributed by atoms with Crippen molar-refractivity contribution in [3.63, 3.8) is 0 Å². The van der Waals surface area contributed by atoms with Gasteiger partial charge in [-0.25, -0.2) is 4.39 Å². The second kappa shape index (κ2) is 10.2. The minimum absolute atomic E-state index is 0.0257. The largest absolute Gasteiger partial charge is 0.493 e. The van der Waals surface area contributed by atoms with E-state index in [2.05, 4.69) is 10.3 Å². The van der Waals surface area contributed by atoms with E-state index in [1.807, 2.05) is 6.92 Å². The summed E-state index contributed by atoms with van der Waals surface area (Å²) in [4.78, 5) is 19.4. The van der Waals surface area contributed by atoms with Crippen LogP contribution in [0.25, 0.3) is 11.1 Å². The third kappa shape index (κ3) is 5.11. The molecule has 2 N–H and O–H groups in total. The molecule has 0 saturated carbocycles. The highest BCUT2D eigenvalue weighted by Gasteiger charge is 2.34. The topological polar surface area (TPSA) is 97.1 Å². The van der Waals surface area contributed by atoms with Gasteiger partial charge in [-0.1, -0.05) is 23.7 Å². The first kappa shape index (κ1) is 24.3. The van der Waals surface area contributed by atoms with E-state index in [1.165, 1.54) is 7.11 Å². The number of anilines is 1. The van der Waals surface area contributed by atoms with E-state index in [1.54, 1.807) is 41.3 Å². The maximum absolute atomic E-state index is 13.8. The molecule has 0 bridgehead atoms. The van der Waals surface area contributed by atoms with Crippen LogP contribution in [0.4, 0.5) is 10.4 Å². The van der Waals surface area contributed by atoms with E-state index in [4.69, 9.17) is 25.5 Å². The molecule has 0 radical (unpaired) electrons. The minimum Gasteiger partial charge on any atom is -0.493 e. The van der Waals surface area contributed by atoms with Crippen LogP contribution in [0.2, 0.25) is 5.02 Å². The van der Waals surface area contributed by atoms with Gasteiger partial charge in [-0.2, -0.15) is 4.98 Å². The predicted molar refractivity (Wildman–Crippen MR) is 126 cm³/mol. The van der Waals surface area contributed by atoms with Crippen molar-refractivity contribution in [2.45, 2.75) is 25.0 Å². The Morgan fingerprint density at radius 1 is 1.41 bits per heavy atom. The van der Waals surface area contributed by atoms with Crippen LogP contribution in [-0.2, 0) is 4.74 Å². The zero-order valence-corrected chi connectivity index (χ0v) is 19.8. The number of aliphatic hydroxyl groups is 1. The van der Waals surface area contributed by atoms with Gasteiger partial charge in [-0.05, 0) is 36.8 Å². The summed E-state index contributed by atoms with van der Waals surface area (Å²) in [7, 11) is 1.47. The number of oxazole rings is 1. The van der Waals surface area contributed by atoms with E-state index in [0.29, 0.717) is 59.1 Å². The van der Waals surface area contributed by atoms with Gasteiger partial charge in [0.1, 0.15) is 12.2 Å². The van der Waals surface area contributed by atoms with E-state index in [9.17, 15) is 14.3 Å². The van der Waals surface area contributed by atoms with Crippen LogP contribution in [-0.4, -0.2) is 66.6 Å². The summed E-state index contributed by atoms with van der Waals surface area (Å²) < 4.78 is 30.8. The standard InChI is InChI=1S/C24H27ClFN3O5/c1-24(6-8-30)14-29(7-9-33-24)22(31)16-11-18-21(20(12-16)32-2)34-23(27-18)28-19(13-26)15-4-3-5-17(25)10-15/h3-5,10-12,19,30H,6-9,13-14H2,1-2H3,(H,27,28). The molecule has 3 aromatic rings. The summed E-state index contributed by atoms with van der Waals surface area (Å²) >= 11 is 6.04. The molecular weight excluding hydrogens is 465 g/mol. The zero-order chi connectivity index (χ0) is 24.3. The number of aliphatic hydroxyl groups excluding tert-OH is 1. The number of rotatable bonds is 8. The van der Waals surface area contributed by atoms with Gasteiger partial charge in [-0.15, -0.1) is 0 Å². The summed E-state index contributed by atoms with van der Waals surface area (Å²) in [5.41, 5.74) is 1.18. The third-order valence-corrected chi connectivity index (χ3v) is 6.13. The lowest BCUT2D eigenvalue weighted by molar-refractivity contribution is -0.0978. The van der Waals surface area contributed by atoms with Crippen molar-refractivity contribution in [1.29, 1.82) is 0 Å². The molecule has 182 valence electrons. The molecule has 1 aromatic heterocycles. The SMILES string of the molecule is COc1cc(C(=O)N2CCOC(C)(CCO)C2)cc2nc(NC(CF)c3cccc(Cl)c3)oc12. The predicted octanol–water partition coefficient (Wildman–Crippen LogP) is 4.23. The number of hydrogen-bond donors (Lipinski definition) is 2. The first-order valence-electron chi connectivity index (χ1n) is 11.0. The van der Waals surface area contributed by atoms with Crippen molar-refractivity contribution in [1.82, 2.24) is 9.88 Å². The number of nitrogens with zero attached hydrogens (tertiary/aromatic N) is 2. The first-order valence-corrected chi connectivity index (χ1v) is 11.3. The fourth-order valence-electron chi connectivity index (χ4n) is 4.10. The van der Waals surface area contributed by atoms with Gasteiger partial charge < -0.3 is 29.2 Å². The Morgan fingerprint density at radius 3 is 2.94 bits per heavy atom. The van der Waals surface area contributed by atoms with E-state index in [-0.39, 0.29) is 18.5 Å². The summed E-state index contributed by atoms with van der Waals surface area (Å²) in [6.45, 7) is 2.32. The summed E-state index contributed by atoms with van der Waals surface area (Å²) in [6.07, 6.45) is 0.430. The molecule has 34 heavy (non-hydrogen) atoms. The van der Waals surface area contributed by atoms with Gasteiger partial charge in [0.15, 0.2) is 11.3 Å². The Bertz CT molecular complexity index is 1170. The summed E-state index contributed by atoms with van der Waals surface area (Å²) in [6, 6.07) is 9.50. The molecule has 1 aliphatic heterocycles. The number of hydrogen-bond acceptors (Lipinski definition) is 7. The Morgan fingerprint density at radius 2 is 2.24 bits per heavy atom. The number of methoxy groups -OCH3 is 1. The molecule has 1 fully saturated rings. The second-order valence-electron chi connectivity index (χ2n) is 8.45. The highest BCUT2D eigenvalue weighted by molar-refractivity contribution is 6.30. The summed E-state index contributed by atoms with van der Waals surface area (Å²) in [5, 5.41) is 12.8. The van der Waals surface area contributed by atoms with Gasteiger partial charge in [-0.3, -0.25) is 4.79 Å². The lowest BCUT2D eigenvalue weighted by Gasteiger charge is -2.40. The number of halogens is 2. The number of carbonyl (C=O) groups excluding carboxylic acids is 1. The zero-order valence-electron chi connectivity index (χ0n) is 19.0.